The molecule has 5 heteroatoms. The minimum atomic E-state index is 0.757. The highest BCUT2D eigenvalue weighted by atomic mass is 15.4. The van der Waals surface area contributed by atoms with Gasteiger partial charge < -0.3 is 4.90 Å². The summed E-state index contributed by atoms with van der Waals surface area (Å²) in [6.07, 6.45) is 4.22. The Morgan fingerprint density at radius 1 is 1.38 bits per heavy atom. The van der Waals surface area contributed by atoms with E-state index in [1.807, 2.05) is 12.1 Å². The van der Waals surface area contributed by atoms with E-state index in [2.05, 4.69) is 27.1 Å². The predicted molar refractivity (Wildman–Crippen MR) is 61.4 cm³/mol. The predicted octanol–water partition coefficient (Wildman–Crippen LogP) is 1.36. The largest absolute Gasteiger partial charge is 0.355 e. The maximum Gasteiger partial charge on any atom is 0.177 e. The molecule has 0 aromatic carbocycles. The van der Waals surface area contributed by atoms with Crippen molar-refractivity contribution < 1.29 is 0 Å². The lowest BCUT2D eigenvalue weighted by Crippen LogP contribution is -2.35. The Bertz CT molecular complexity index is 492. The second-order valence-electron chi connectivity index (χ2n) is 4.52. The van der Waals surface area contributed by atoms with Gasteiger partial charge in [0.25, 0.3) is 0 Å². The first kappa shape index (κ1) is 9.57. The van der Waals surface area contributed by atoms with Crippen LogP contribution in [0.3, 0.4) is 0 Å². The van der Waals surface area contributed by atoms with Crippen molar-refractivity contribution in [3.8, 4) is 0 Å². The van der Waals surface area contributed by atoms with Crippen LogP contribution in [-0.4, -0.2) is 32.9 Å². The van der Waals surface area contributed by atoms with Crippen LogP contribution >= 0.6 is 0 Å². The van der Waals surface area contributed by atoms with E-state index in [9.17, 15) is 0 Å². The van der Waals surface area contributed by atoms with Crippen LogP contribution in [-0.2, 0) is 0 Å². The molecule has 1 aliphatic rings. The van der Waals surface area contributed by atoms with Crippen LogP contribution in [0.4, 0.5) is 5.82 Å². The van der Waals surface area contributed by atoms with Crippen molar-refractivity contribution in [3.05, 3.63) is 18.5 Å². The lowest BCUT2D eigenvalue weighted by Gasteiger charge is -2.31. The maximum absolute atomic E-state index is 4.51. The van der Waals surface area contributed by atoms with Gasteiger partial charge in [0, 0.05) is 13.1 Å². The van der Waals surface area contributed by atoms with Crippen molar-refractivity contribution in [3.63, 3.8) is 0 Å². The van der Waals surface area contributed by atoms with Crippen molar-refractivity contribution in [2.24, 2.45) is 5.92 Å². The van der Waals surface area contributed by atoms with Crippen LogP contribution in [0, 0.1) is 5.92 Å². The zero-order chi connectivity index (χ0) is 11.0. The Kier molecular flexibility index (Phi) is 2.23. The molecule has 0 radical (unpaired) electrons. The van der Waals surface area contributed by atoms with Crippen molar-refractivity contribution in [2.75, 3.05) is 18.0 Å². The number of hydrogen-bond donors (Lipinski definition) is 0. The fourth-order valence-electron chi connectivity index (χ4n) is 2.28. The topological polar surface area (TPSA) is 46.3 Å². The molecule has 2 aromatic heterocycles. The van der Waals surface area contributed by atoms with Crippen LogP contribution in [0.25, 0.3) is 5.65 Å². The molecule has 0 unspecified atom stereocenters. The molecular weight excluding hydrogens is 202 g/mol. The van der Waals surface area contributed by atoms with Gasteiger partial charge in [-0.05, 0) is 30.9 Å². The summed E-state index contributed by atoms with van der Waals surface area (Å²) in [6, 6.07) is 4.00. The third-order valence-electron chi connectivity index (χ3n) is 3.13. The van der Waals surface area contributed by atoms with Gasteiger partial charge in [-0.3, -0.25) is 0 Å². The molecule has 0 bridgehead atoms. The third kappa shape index (κ3) is 1.62. The minimum Gasteiger partial charge on any atom is -0.355 e. The zero-order valence-corrected chi connectivity index (χ0v) is 9.37. The molecule has 0 spiro atoms. The Morgan fingerprint density at radius 2 is 2.31 bits per heavy atom. The van der Waals surface area contributed by atoms with E-state index >= 15 is 0 Å². The SMILES string of the molecule is C[C@@H]1CCCN(c2ccc3nncn3n2)C1. The molecule has 0 aliphatic carbocycles. The van der Waals surface area contributed by atoms with Gasteiger partial charge in [-0.15, -0.1) is 15.3 Å². The lowest BCUT2D eigenvalue weighted by molar-refractivity contribution is 0.443. The van der Waals surface area contributed by atoms with Crippen molar-refractivity contribution >= 4 is 11.5 Å². The zero-order valence-electron chi connectivity index (χ0n) is 9.37. The molecular formula is C11H15N5. The van der Waals surface area contributed by atoms with Crippen LogP contribution in [0.5, 0.6) is 0 Å². The van der Waals surface area contributed by atoms with E-state index < -0.39 is 0 Å². The van der Waals surface area contributed by atoms with E-state index in [-0.39, 0.29) is 0 Å². The highest BCUT2D eigenvalue weighted by Crippen LogP contribution is 2.20. The van der Waals surface area contributed by atoms with Gasteiger partial charge in [0.2, 0.25) is 0 Å². The average molecular weight is 217 g/mol. The maximum atomic E-state index is 4.51. The molecule has 1 aliphatic heterocycles. The highest BCUT2D eigenvalue weighted by molar-refractivity contribution is 5.45. The molecule has 0 N–H and O–H groups in total. The molecule has 2 aromatic rings. The Morgan fingerprint density at radius 3 is 3.19 bits per heavy atom. The smallest absolute Gasteiger partial charge is 0.177 e. The first-order chi connectivity index (χ1) is 7.83. The van der Waals surface area contributed by atoms with E-state index in [1.165, 1.54) is 12.8 Å². The van der Waals surface area contributed by atoms with Crippen molar-refractivity contribution in [2.45, 2.75) is 19.8 Å². The molecule has 3 heterocycles. The first-order valence-electron chi connectivity index (χ1n) is 5.75. The molecule has 1 fully saturated rings. The summed E-state index contributed by atoms with van der Waals surface area (Å²) in [4.78, 5) is 2.34. The highest BCUT2D eigenvalue weighted by Gasteiger charge is 2.17. The normalized spacial score (nSPS) is 21.6. The number of aromatic nitrogens is 4. The summed E-state index contributed by atoms with van der Waals surface area (Å²) in [7, 11) is 0. The summed E-state index contributed by atoms with van der Waals surface area (Å²) >= 11 is 0. The molecule has 3 rings (SSSR count). The van der Waals surface area contributed by atoms with Crippen molar-refractivity contribution in [1.82, 2.24) is 19.8 Å². The molecule has 0 saturated carbocycles. The number of anilines is 1. The standard InChI is InChI=1S/C11H15N5/c1-9-3-2-6-15(7-9)11-5-4-10-13-12-8-16(10)14-11/h4-5,8-9H,2-3,6-7H2,1H3/t9-/m1/s1. The Balaban J connectivity index is 1.92. The minimum absolute atomic E-state index is 0.757. The summed E-state index contributed by atoms with van der Waals surface area (Å²) in [5.74, 6) is 1.78. The number of hydrogen-bond acceptors (Lipinski definition) is 4. The molecule has 1 atom stereocenters. The fourth-order valence-corrected chi connectivity index (χ4v) is 2.28. The van der Waals surface area contributed by atoms with Gasteiger partial charge in [0.1, 0.15) is 12.1 Å². The van der Waals surface area contributed by atoms with Gasteiger partial charge >= 0.3 is 0 Å². The summed E-state index contributed by atoms with van der Waals surface area (Å²) in [6.45, 7) is 4.50. The monoisotopic (exact) mass is 217 g/mol. The van der Waals surface area contributed by atoms with Crippen LogP contribution < -0.4 is 4.90 Å². The molecule has 16 heavy (non-hydrogen) atoms. The first-order valence-corrected chi connectivity index (χ1v) is 5.75. The number of rotatable bonds is 1. The van der Waals surface area contributed by atoms with Crippen LogP contribution in [0.2, 0.25) is 0 Å². The van der Waals surface area contributed by atoms with Gasteiger partial charge in [-0.1, -0.05) is 6.92 Å². The van der Waals surface area contributed by atoms with Gasteiger partial charge in [0.05, 0.1) is 0 Å². The average Bonchev–Trinajstić information content (AvgIpc) is 2.75. The molecule has 1 saturated heterocycles. The molecule has 5 nitrogen and oxygen atoms in total. The van der Waals surface area contributed by atoms with E-state index in [0.717, 1.165) is 30.5 Å². The molecule has 0 amide bonds. The summed E-state index contributed by atoms with van der Waals surface area (Å²) < 4.78 is 1.73. The van der Waals surface area contributed by atoms with Gasteiger partial charge in [-0.2, -0.15) is 4.52 Å². The Labute approximate surface area is 94.1 Å². The fraction of sp³-hybridized carbons (Fsp3) is 0.545. The lowest BCUT2D eigenvalue weighted by atomic mass is 10.0. The van der Waals surface area contributed by atoms with Crippen LogP contribution in [0.1, 0.15) is 19.8 Å². The van der Waals surface area contributed by atoms with E-state index in [4.69, 9.17) is 0 Å². The van der Waals surface area contributed by atoms with E-state index in [0.29, 0.717) is 0 Å². The van der Waals surface area contributed by atoms with Gasteiger partial charge in [-0.25, -0.2) is 0 Å². The third-order valence-corrected chi connectivity index (χ3v) is 3.13. The number of nitrogens with zero attached hydrogens (tertiary/aromatic N) is 5. The Hall–Kier alpha value is -1.65. The molecule has 84 valence electrons. The van der Waals surface area contributed by atoms with E-state index in [1.54, 1.807) is 10.8 Å². The number of fused-ring (bicyclic) bond motifs is 1. The second kappa shape index (κ2) is 3.73. The quantitative estimate of drug-likeness (QED) is 0.723. The summed E-state index contributed by atoms with van der Waals surface area (Å²) in [5, 5.41) is 12.3. The van der Waals surface area contributed by atoms with Gasteiger partial charge in [0.15, 0.2) is 5.65 Å². The second-order valence-corrected chi connectivity index (χ2v) is 4.52. The van der Waals surface area contributed by atoms with Crippen molar-refractivity contribution in [1.29, 1.82) is 0 Å². The summed E-state index contributed by atoms with van der Waals surface area (Å²) in [5.41, 5.74) is 0.800. The van der Waals surface area contributed by atoms with Crippen LogP contribution in [0.15, 0.2) is 18.5 Å². The number of piperidine rings is 1.